The van der Waals surface area contributed by atoms with E-state index >= 15 is 0 Å². The van der Waals surface area contributed by atoms with E-state index in [1.165, 1.54) is 22.5 Å². The molecule has 0 aliphatic carbocycles. The molecule has 3 aromatic heterocycles. The molecule has 2 atom stereocenters. The van der Waals surface area contributed by atoms with Crippen molar-refractivity contribution in [3.63, 3.8) is 0 Å². The average Bonchev–Trinajstić information content (AvgIpc) is 3.61. The summed E-state index contributed by atoms with van der Waals surface area (Å²) in [5.41, 5.74) is 4.99. The van der Waals surface area contributed by atoms with Crippen LogP contribution in [0.4, 0.5) is 17.6 Å². The van der Waals surface area contributed by atoms with Crippen molar-refractivity contribution in [1.82, 2.24) is 29.1 Å². The van der Waals surface area contributed by atoms with Crippen LogP contribution in [0, 0.1) is 6.92 Å². The fourth-order valence-corrected chi connectivity index (χ4v) is 7.67. The summed E-state index contributed by atoms with van der Waals surface area (Å²) in [4.78, 5) is 23.8. The molecule has 2 fully saturated rings. The Labute approximate surface area is 231 Å². The van der Waals surface area contributed by atoms with Gasteiger partial charge in [-0.3, -0.25) is 4.90 Å². The number of rotatable bonds is 5. The molecule has 0 saturated carbocycles. The van der Waals surface area contributed by atoms with E-state index in [1.807, 2.05) is 25.3 Å². The molecule has 3 aliphatic rings. The molecule has 10 nitrogen and oxygen atoms in total. The Kier molecular flexibility index (Phi) is 5.85. The maximum atomic E-state index is 12.1. The van der Waals surface area contributed by atoms with Gasteiger partial charge in [0.25, 0.3) is 0 Å². The minimum Gasteiger partial charge on any atom is -0.335 e. The van der Waals surface area contributed by atoms with Gasteiger partial charge in [0.15, 0.2) is 0 Å². The Morgan fingerprint density at radius 2 is 1.90 bits per heavy atom. The minimum absolute atomic E-state index is 0.401. The van der Waals surface area contributed by atoms with Crippen molar-refractivity contribution < 1.29 is 8.42 Å². The van der Waals surface area contributed by atoms with Crippen LogP contribution in [0.5, 0.6) is 0 Å². The number of anilines is 3. The first kappa shape index (κ1) is 24.8. The second-order valence-corrected chi connectivity index (χ2v) is 13.9. The minimum atomic E-state index is -3.22. The number of likely N-dealkylation sites (N-methyl/N-ethyl adjacent to an activating group) is 1. The number of nitrogens with one attached hydrogen (secondary N) is 1. The zero-order valence-electron chi connectivity index (χ0n) is 22.1. The Bertz CT molecular complexity index is 1700. The molecule has 12 heteroatoms. The topological polar surface area (TPSA) is 107 Å². The van der Waals surface area contributed by atoms with Gasteiger partial charge < -0.3 is 10.2 Å². The van der Waals surface area contributed by atoms with Crippen molar-refractivity contribution in [2.75, 3.05) is 43.2 Å². The van der Waals surface area contributed by atoms with E-state index in [-0.39, 0.29) is 0 Å². The zero-order chi connectivity index (χ0) is 26.9. The molecular weight excluding hydrogens is 532 g/mol. The third-order valence-corrected chi connectivity index (χ3v) is 10.3. The van der Waals surface area contributed by atoms with E-state index in [0.717, 1.165) is 63.3 Å². The fourth-order valence-electron chi connectivity index (χ4n) is 5.96. The number of thiazole rings is 1. The van der Waals surface area contributed by atoms with Crippen LogP contribution in [0.25, 0.3) is 20.8 Å². The SMILES string of the molecule is Cc1cc(Nc2cc3nc(-c4ccc5c(c4)CN(S(C)(=O)=O)CC5)sc3cn2)nc(N2C[C@@H]3C[C@H]2CN3C)n1. The lowest BCUT2D eigenvalue weighted by atomic mass is 9.99. The van der Waals surface area contributed by atoms with E-state index in [4.69, 9.17) is 15.0 Å². The predicted octanol–water partition coefficient (Wildman–Crippen LogP) is 3.41. The molecule has 1 aromatic carbocycles. The summed E-state index contributed by atoms with van der Waals surface area (Å²) in [6.07, 6.45) is 5.00. The molecule has 0 spiro atoms. The molecule has 4 aromatic rings. The Balaban J connectivity index is 1.13. The number of piperazine rings is 1. The van der Waals surface area contributed by atoms with E-state index in [2.05, 4.69) is 45.3 Å². The van der Waals surface area contributed by atoms with Crippen molar-refractivity contribution in [1.29, 1.82) is 0 Å². The number of nitrogens with zero attached hydrogens (tertiary/aromatic N) is 7. The smallest absolute Gasteiger partial charge is 0.227 e. The number of hydrogen-bond acceptors (Lipinski definition) is 10. The number of benzene rings is 1. The van der Waals surface area contributed by atoms with Crippen LogP contribution in [-0.2, 0) is 23.0 Å². The highest BCUT2D eigenvalue weighted by Gasteiger charge is 2.42. The first-order chi connectivity index (χ1) is 18.7. The molecule has 1 N–H and O–H groups in total. The van der Waals surface area contributed by atoms with Crippen molar-refractivity contribution in [2.24, 2.45) is 0 Å². The van der Waals surface area contributed by atoms with Crippen LogP contribution in [0.3, 0.4) is 0 Å². The normalized spacial score (nSPS) is 21.6. The van der Waals surface area contributed by atoms with Crippen molar-refractivity contribution in [2.45, 2.75) is 38.4 Å². The number of pyridine rings is 1. The van der Waals surface area contributed by atoms with Gasteiger partial charge in [-0.25, -0.2) is 23.4 Å². The number of sulfonamides is 1. The zero-order valence-corrected chi connectivity index (χ0v) is 23.8. The van der Waals surface area contributed by atoms with Crippen molar-refractivity contribution in [3.05, 3.63) is 53.3 Å². The summed E-state index contributed by atoms with van der Waals surface area (Å²) in [5.74, 6) is 2.18. The molecule has 202 valence electrons. The van der Waals surface area contributed by atoms with Gasteiger partial charge in [-0.05, 0) is 44.0 Å². The maximum absolute atomic E-state index is 12.1. The van der Waals surface area contributed by atoms with Gasteiger partial charge in [-0.15, -0.1) is 11.3 Å². The van der Waals surface area contributed by atoms with Crippen LogP contribution >= 0.6 is 11.3 Å². The van der Waals surface area contributed by atoms with E-state index in [1.54, 1.807) is 11.3 Å². The quantitative estimate of drug-likeness (QED) is 0.392. The van der Waals surface area contributed by atoms with Crippen molar-refractivity contribution >= 4 is 49.2 Å². The first-order valence-corrected chi connectivity index (χ1v) is 15.8. The number of likely N-dealkylation sites (tertiary alicyclic amines) is 1. The Morgan fingerprint density at radius 3 is 2.67 bits per heavy atom. The number of fused-ring (bicyclic) bond motifs is 4. The molecule has 6 heterocycles. The van der Waals surface area contributed by atoms with Crippen LogP contribution < -0.4 is 10.2 Å². The maximum Gasteiger partial charge on any atom is 0.227 e. The molecule has 0 unspecified atom stereocenters. The Morgan fingerprint density at radius 1 is 1.03 bits per heavy atom. The van der Waals surface area contributed by atoms with Gasteiger partial charge in [0.05, 0.1) is 16.5 Å². The summed E-state index contributed by atoms with van der Waals surface area (Å²) in [7, 11) is -1.03. The van der Waals surface area contributed by atoms with E-state index in [9.17, 15) is 8.42 Å². The lowest BCUT2D eigenvalue weighted by Crippen LogP contribution is -2.45. The highest BCUT2D eigenvalue weighted by molar-refractivity contribution is 7.88. The molecule has 7 rings (SSSR count). The molecule has 3 aliphatic heterocycles. The van der Waals surface area contributed by atoms with Gasteiger partial charge in [0, 0.05) is 67.8 Å². The molecule has 0 amide bonds. The van der Waals surface area contributed by atoms with Crippen LogP contribution in [0.2, 0.25) is 0 Å². The predicted molar refractivity (Wildman–Crippen MR) is 154 cm³/mol. The van der Waals surface area contributed by atoms with Gasteiger partial charge >= 0.3 is 0 Å². The summed E-state index contributed by atoms with van der Waals surface area (Å²) < 4.78 is 26.7. The Hall–Kier alpha value is -3.19. The third-order valence-electron chi connectivity index (χ3n) is 8.04. The van der Waals surface area contributed by atoms with Crippen LogP contribution in [0.15, 0.2) is 36.5 Å². The summed E-state index contributed by atoms with van der Waals surface area (Å²) in [6, 6.07) is 11.2. The molecule has 39 heavy (non-hydrogen) atoms. The van der Waals surface area contributed by atoms with Crippen LogP contribution in [0.1, 0.15) is 23.2 Å². The van der Waals surface area contributed by atoms with Gasteiger partial charge in [-0.1, -0.05) is 12.1 Å². The number of aryl methyl sites for hydroxylation is 1. The van der Waals surface area contributed by atoms with Crippen LogP contribution in [-0.4, -0.2) is 82.6 Å². The summed E-state index contributed by atoms with van der Waals surface area (Å²) in [5, 5.41) is 4.25. The second-order valence-electron chi connectivity index (χ2n) is 10.8. The van der Waals surface area contributed by atoms with E-state index < -0.39 is 10.0 Å². The highest BCUT2D eigenvalue weighted by atomic mass is 32.2. The molecule has 2 bridgehead atoms. The lowest BCUT2D eigenvalue weighted by Gasteiger charge is -2.32. The van der Waals surface area contributed by atoms with Gasteiger partial charge in [-0.2, -0.15) is 9.29 Å². The monoisotopic (exact) mass is 562 g/mol. The van der Waals surface area contributed by atoms with E-state index in [0.29, 0.717) is 31.0 Å². The molecule has 0 radical (unpaired) electrons. The summed E-state index contributed by atoms with van der Waals surface area (Å²) in [6.45, 7) is 4.93. The lowest BCUT2D eigenvalue weighted by molar-refractivity contribution is 0.291. The molecular formula is C27H30N8O2S2. The first-order valence-electron chi connectivity index (χ1n) is 13.1. The molecule has 2 saturated heterocycles. The number of hydrogen-bond donors (Lipinski definition) is 1. The van der Waals surface area contributed by atoms with Gasteiger partial charge in [0.1, 0.15) is 16.6 Å². The average molecular weight is 563 g/mol. The number of aromatic nitrogens is 4. The summed E-state index contributed by atoms with van der Waals surface area (Å²) >= 11 is 1.58. The fraction of sp³-hybridized carbons (Fsp3) is 0.407. The largest absolute Gasteiger partial charge is 0.335 e. The second kappa shape index (κ2) is 9.19. The van der Waals surface area contributed by atoms with Crippen molar-refractivity contribution in [3.8, 4) is 10.6 Å². The third kappa shape index (κ3) is 4.65. The standard InChI is InChI=1S/C27H30N8O2S2/c1-16-8-25(32-27(29-16)35-15-20-10-21(35)14-33(20)2)31-24-11-22-23(12-28-24)38-26(30-22)18-5-4-17-6-7-34(39(3,36)37)13-19(17)9-18/h4-5,8-9,11-12,20-21H,6-7,10,13-15H2,1-3H3,(H,28,29,31,32)/t20-,21-/m0/s1. The van der Waals surface area contributed by atoms with Gasteiger partial charge in [0.2, 0.25) is 16.0 Å². The highest BCUT2D eigenvalue weighted by Crippen LogP contribution is 2.35.